The summed E-state index contributed by atoms with van der Waals surface area (Å²) in [6, 6.07) is 0. The molecule has 1 aliphatic rings. The van der Waals surface area contributed by atoms with Gasteiger partial charge in [0.15, 0.2) is 0 Å². The molecule has 9 heteroatoms. The molecule has 1 heterocycles. The van der Waals surface area contributed by atoms with Crippen molar-refractivity contribution in [2.75, 3.05) is 6.61 Å². The Kier molecular flexibility index (Phi) is 9.79. The smallest absolute Gasteiger partial charge is 0.351 e. The second-order valence-corrected chi connectivity index (χ2v) is 7.51. The molecule has 7 atom stereocenters. The van der Waals surface area contributed by atoms with Gasteiger partial charge in [0.05, 0.1) is 12.5 Å². The van der Waals surface area contributed by atoms with E-state index < -0.39 is 60.6 Å². The van der Waals surface area contributed by atoms with Gasteiger partial charge >= 0.3 is 11.9 Å². The van der Waals surface area contributed by atoms with Crippen molar-refractivity contribution in [2.24, 2.45) is 5.92 Å². The van der Waals surface area contributed by atoms with Crippen LogP contribution in [0.1, 0.15) is 59.3 Å². The van der Waals surface area contributed by atoms with E-state index in [0.717, 1.165) is 6.42 Å². The van der Waals surface area contributed by atoms with Gasteiger partial charge in [-0.1, -0.05) is 40.0 Å². The lowest BCUT2D eigenvalue weighted by molar-refractivity contribution is -0.275. The predicted octanol–water partition coefficient (Wildman–Crippen LogP) is 0.212. The highest BCUT2D eigenvalue weighted by Gasteiger charge is 2.59. The first-order chi connectivity index (χ1) is 13.2. The minimum absolute atomic E-state index is 0.135. The largest absolute Gasteiger partial charge is 0.478 e. The second kappa shape index (κ2) is 11.1. The van der Waals surface area contributed by atoms with E-state index in [4.69, 9.17) is 9.47 Å². The summed E-state index contributed by atoms with van der Waals surface area (Å²) in [5.41, 5.74) is -2.25. The standard InChI is InChI=1S/C19H34O9/c1-4-6-7-9-19(18(25)26,28-17(24)11(3)8-5-2)16-15(23)14(22)13(21)12(10-20)27-16/h11-16,20-23H,4-10H2,1-3H3,(H,25,26)/t11?,12-,13-,14+,15-,16?,19?/m1/s1. The van der Waals surface area contributed by atoms with Crippen LogP contribution in [0.3, 0.4) is 0 Å². The van der Waals surface area contributed by atoms with Crippen LogP contribution in [0.2, 0.25) is 0 Å². The van der Waals surface area contributed by atoms with Gasteiger partial charge < -0.3 is 35.0 Å². The Morgan fingerprint density at radius 3 is 2.21 bits per heavy atom. The fourth-order valence-corrected chi connectivity index (χ4v) is 3.48. The number of esters is 1. The Balaban J connectivity index is 3.29. The lowest BCUT2D eigenvalue weighted by atomic mass is 9.81. The van der Waals surface area contributed by atoms with E-state index >= 15 is 0 Å². The lowest BCUT2D eigenvalue weighted by Crippen LogP contribution is -2.68. The average Bonchev–Trinajstić information content (AvgIpc) is 2.65. The Morgan fingerprint density at radius 1 is 1.07 bits per heavy atom. The molecule has 0 aromatic carbocycles. The number of carbonyl (C=O) groups is 2. The molecular weight excluding hydrogens is 372 g/mol. The van der Waals surface area contributed by atoms with Gasteiger partial charge in [-0.05, 0) is 12.8 Å². The number of aliphatic hydroxyl groups is 4. The molecule has 1 saturated heterocycles. The van der Waals surface area contributed by atoms with E-state index in [-0.39, 0.29) is 6.42 Å². The summed E-state index contributed by atoms with van der Waals surface area (Å²) < 4.78 is 10.9. The molecule has 0 radical (unpaired) electrons. The number of carboxylic acid groups (broad SMARTS) is 1. The summed E-state index contributed by atoms with van der Waals surface area (Å²) in [6.45, 7) is 4.72. The molecule has 0 aromatic heterocycles. The van der Waals surface area contributed by atoms with Crippen molar-refractivity contribution in [3.8, 4) is 0 Å². The van der Waals surface area contributed by atoms with Crippen molar-refractivity contribution >= 4 is 11.9 Å². The van der Waals surface area contributed by atoms with Crippen molar-refractivity contribution < 1.29 is 44.6 Å². The highest BCUT2D eigenvalue weighted by Crippen LogP contribution is 2.36. The first kappa shape index (κ1) is 24.8. The minimum Gasteiger partial charge on any atom is -0.478 e. The fraction of sp³-hybridized carbons (Fsp3) is 0.895. The van der Waals surface area contributed by atoms with Crippen LogP contribution in [-0.4, -0.2) is 80.2 Å². The summed E-state index contributed by atoms with van der Waals surface area (Å²) in [7, 11) is 0. The minimum atomic E-state index is -2.25. The molecule has 1 fully saturated rings. The highest BCUT2D eigenvalue weighted by atomic mass is 16.6. The average molecular weight is 406 g/mol. The SMILES string of the molecule is CCCCCC(OC(=O)C(C)CCC)(C(=O)O)C1O[C@H](CO)[C@@H](O)[C@H](O)[C@H]1O. The number of unbranched alkanes of at least 4 members (excludes halogenated alkanes) is 2. The third-order valence-corrected chi connectivity index (χ3v) is 5.27. The highest BCUT2D eigenvalue weighted by molar-refractivity contribution is 5.83. The van der Waals surface area contributed by atoms with Gasteiger partial charge in [-0.2, -0.15) is 0 Å². The zero-order valence-corrected chi connectivity index (χ0v) is 16.8. The molecule has 0 saturated carbocycles. The zero-order chi connectivity index (χ0) is 21.5. The van der Waals surface area contributed by atoms with Crippen LogP contribution in [0.5, 0.6) is 0 Å². The maximum absolute atomic E-state index is 12.5. The van der Waals surface area contributed by atoms with Gasteiger partial charge in [-0.15, -0.1) is 0 Å². The molecule has 0 bridgehead atoms. The Morgan fingerprint density at radius 2 is 1.71 bits per heavy atom. The number of hydrogen-bond acceptors (Lipinski definition) is 8. The maximum Gasteiger partial charge on any atom is 0.351 e. The van der Waals surface area contributed by atoms with Crippen LogP contribution in [0.4, 0.5) is 0 Å². The summed E-state index contributed by atoms with van der Waals surface area (Å²) in [4.78, 5) is 24.8. The van der Waals surface area contributed by atoms with Crippen LogP contribution < -0.4 is 0 Å². The number of aliphatic carboxylic acids is 1. The van der Waals surface area contributed by atoms with Gasteiger partial charge in [-0.25, -0.2) is 4.79 Å². The first-order valence-corrected chi connectivity index (χ1v) is 9.92. The van der Waals surface area contributed by atoms with E-state index in [1.54, 1.807) is 6.92 Å². The van der Waals surface area contributed by atoms with Crippen molar-refractivity contribution in [1.29, 1.82) is 0 Å². The molecule has 0 amide bonds. The zero-order valence-electron chi connectivity index (χ0n) is 16.8. The molecule has 1 rings (SSSR count). The molecule has 3 unspecified atom stereocenters. The molecule has 5 N–H and O–H groups in total. The Hall–Kier alpha value is -1.26. The van der Waals surface area contributed by atoms with E-state index in [9.17, 15) is 35.1 Å². The number of carbonyl (C=O) groups excluding carboxylic acids is 1. The molecule has 0 aliphatic carbocycles. The van der Waals surface area contributed by atoms with Gasteiger partial charge in [0.25, 0.3) is 0 Å². The molecule has 28 heavy (non-hydrogen) atoms. The number of hydrogen-bond donors (Lipinski definition) is 5. The summed E-state index contributed by atoms with van der Waals surface area (Å²) in [6.07, 6.45) is -5.25. The monoisotopic (exact) mass is 406 g/mol. The van der Waals surface area contributed by atoms with E-state index in [1.807, 2.05) is 13.8 Å². The van der Waals surface area contributed by atoms with Gasteiger partial charge in [0.1, 0.15) is 30.5 Å². The van der Waals surface area contributed by atoms with E-state index in [0.29, 0.717) is 25.7 Å². The quantitative estimate of drug-likeness (QED) is 0.239. The molecule has 9 nitrogen and oxygen atoms in total. The fourth-order valence-electron chi connectivity index (χ4n) is 3.48. The summed E-state index contributed by atoms with van der Waals surface area (Å²) in [5.74, 6) is -2.80. The van der Waals surface area contributed by atoms with Crippen LogP contribution in [0.25, 0.3) is 0 Å². The van der Waals surface area contributed by atoms with E-state index in [2.05, 4.69) is 0 Å². The topological polar surface area (TPSA) is 154 Å². The maximum atomic E-state index is 12.5. The van der Waals surface area contributed by atoms with Crippen LogP contribution >= 0.6 is 0 Å². The number of carboxylic acids is 1. The summed E-state index contributed by atoms with van der Waals surface area (Å²) in [5, 5.41) is 49.9. The third kappa shape index (κ3) is 5.42. The van der Waals surface area contributed by atoms with Crippen molar-refractivity contribution in [2.45, 2.75) is 95.4 Å². The number of aliphatic hydroxyl groups excluding tert-OH is 4. The van der Waals surface area contributed by atoms with Crippen molar-refractivity contribution in [3.05, 3.63) is 0 Å². The number of ether oxygens (including phenoxy) is 2. The lowest BCUT2D eigenvalue weighted by Gasteiger charge is -2.46. The Bertz CT molecular complexity index is 510. The molecule has 0 spiro atoms. The van der Waals surface area contributed by atoms with E-state index in [1.165, 1.54) is 0 Å². The molecule has 1 aliphatic heterocycles. The second-order valence-electron chi connectivity index (χ2n) is 7.51. The van der Waals surface area contributed by atoms with Crippen LogP contribution in [-0.2, 0) is 19.1 Å². The number of rotatable bonds is 11. The van der Waals surface area contributed by atoms with Crippen molar-refractivity contribution in [1.82, 2.24) is 0 Å². The first-order valence-electron chi connectivity index (χ1n) is 9.92. The van der Waals surface area contributed by atoms with Gasteiger partial charge in [-0.3, -0.25) is 4.79 Å². The summed E-state index contributed by atoms with van der Waals surface area (Å²) >= 11 is 0. The molecule has 0 aromatic rings. The third-order valence-electron chi connectivity index (χ3n) is 5.27. The van der Waals surface area contributed by atoms with Crippen LogP contribution in [0.15, 0.2) is 0 Å². The molecular formula is C19H34O9. The predicted molar refractivity (Wildman–Crippen MR) is 98.4 cm³/mol. The van der Waals surface area contributed by atoms with Gasteiger partial charge in [0, 0.05) is 6.42 Å². The molecule has 164 valence electrons. The Labute approximate surface area is 165 Å². The van der Waals surface area contributed by atoms with Crippen LogP contribution in [0, 0.1) is 5.92 Å². The van der Waals surface area contributed by atoms with Gasteiger partial charge in [0.2, 0.25) is 5.60 Å². The van der Waals surface area contributed by atoms with Crippen molar-refractivity contribution in [3.63, 3.8) is 0 Å². The normalized spacial score (nSPS) is 31.0.